The molecule has 1 atom stereocenters. The van der Waals surface area contributed by atoms with Crippen molar-refractivity contribution in [1.82, 2.24) is 5.32 Å². The lowest BCUT2D eigenvalue weighted by molar-refractivity contribution is -0.384. The van der Waals surface area contributed by atoms with E-state index in [0.717, 1.165) is 37.7 Å². The molecule has 30 heavy (non-hydrogen) atoms. The van der Waals surface area contributed by atoms with Crippen LogP contribution in [0.15, 0.2) is 24.3 Å². The number of rotatable bonds is 11. The summed E-state index contributed by atoms with van der Waals surface area (Å²) in [6.45, 7) is 0. The molecule has 0 aromatic heterocycles. The maximum atomic E-state index is 12.3. The first-order valence-corrected chi connectivity index (χ1v) is 12.3. The van der Waals surface area contributed by atoms with Crippen LogP contribution < -0.4 is 5.32 Å². The molecular formula is C20H28N2O6S2. The van der Waals surface area contributed by atoms with Crippen molar-refractivity contribution >= 4 is 38.7 Å². The molecule has 0 aliphatic heterocycles. The van der Waals surface area contributed by atoms with E-state index in [0.29, 0.717) is 11.4 Å². The first-order chi connectivity index (χ1) is 14.1. The van der Waals surface area contributed by atoms with Crippen LogP contribution in [0, 0.1) is 15.5 Å². The number of hydrogen-bond donors (Lipinski definition) is 1. The van der Waals surface area contributed by atoms with Gasteiger partial charge >= 0.3 is 5.97 Å². The zero-order chi connectivity index (χ0) is 22.4. The van der Waals surface area contributed by atoms with Gasteiger partial charge in [0.05, 0.1) is 17.0 Å². The minimum Gasteiger partial charge on any atom is -0.467 e. The zero-order valence-electron chi connectivity index (χ0n) is 17.3. The molecule has 1 saturated carbocycles. The number of ether oxygens (including phenoxy) is 1. The molecule has 2 rings (SSSR count). The van der Waals surface area contributed by atoms with Crippen LogP contribution in [0.2, 0.25) is 0 Å². The molecule has 1 N–H and O–H groups in total. The fourth-order valence-corrected chi connectivity index (χ4v) is 4.84. The normalized spacial score (nSPS) is 16.2. The van der Waals surface area contributed by atoms with Crippen molar-refractivity contribution in [1.29, 1.82) is 0 Å². The monoisotopic (exact) mass is 456 g/mol. The third kappa shape index (κ3) is 6.73. The predicted molar refractivity (Wildman–Crippen MR) is 118 cm³/mol. The number of carbonyl (C=O) groups is 1. The summed E-state index contributed by atoms with van der Waals surface area (Å²) in [4.78, 5) is 23.3. The zero-order valence-corrected chi connectivity index (χ0v) is 18.9. The van der Waals surface area contributed by atoms with Crippen molar-refractivity contribution in [2.24, 2.45) is 5.41 Å². The molecule has 1 aromatic rings. The summed E-state index contributed by atoms with van der Waals surface area (Å²) in [6, 6.07) is 5.33. The van der Waals surface area contributed by atoms with Gasteiger partial charge in [-0.15, -0.1) is 0 Å². The largest absolute Gasteiger partial charge is 0.467 e. The summed E-state index contributed by atoms with van der Waals surface area (Å²) in [6.07, 6.45) is 6.49. The molecule has 0 bridgehead atoms. The number of thiocarbonyl (C=S) groups is 1. The van der Waals surface area contributed by atoms with E-state index in [1.807, 2.05) is 0 Å². The topological polar surface area (TPSA) is 116 Å². The summed E-state index contributed by atoms with van der Waals surface area (Å²) in [7, 11) is -1.67. The first kappa shape index (κ1) is 24.2. The fraction of sp³-hybridized carbons (Fsp3) is 0.600. The Morgan fingerprint density at radius 2 is 1.93 bits per heavy atom. The van der Waals surface area contributed by atoms with E-state index in [1.165, 1.54) is 25.5 Å². The minimum absolute atomic E-state index is 0.0145. The molecule has 1 aliphatic rings. The number of benzene rings is 1. The quantitative estimate of drug-likeness (QED) is 0.178. The number of nitrogens with one attached hydrogen (secondary N) is 1. The maximum absolute atomic E-state index is 12.3. The van der Waals surface area contributed by atoms with Crippen molar-refractivity contribution in [3.63, 3.8) is 0 Å². The van der Waals surface area contributed by atoms with Gasteiger partial charge in [0.2, 0.25) is 0 Å². The van der Waals surface area contributed by atoms with E-state index in [4.69, 9.17) is 17.0 Å². The van der Waals surface area contributed by atoms with Crippen molar-refractivity contribution in [2.45, 2.75) is 51.0 Å². The number of non-ortho nitro benzene ring substituents is 1. The molecule has 1 aliphatic carbocycles. The number of nitrogens with zero attached hydrogens (tertiary/aromatic N) is 1. The van der Waals surface area contributed by atoms with Crippen LogP contribution in [-0.4, -0.2) is 49.5 Å². The van der Waals surface area contributed by atoms with E-state index in [9.17, 15) is 23.3 Å². The minimum atomic E-state index is -2.98. The average Bonchev–Trinajstić information content (AvgIpc) is 2.65. The van der Waals surface area contributed by atoms with Gasteiger partial charge in [-0.1, -0.05) is 37.2 Å². The molecule has 8 nitrogen and oxygen atoms in total. The van der Waals surface area contributed by atoms with Crippen molar-refractivity contribution < 1.29 is 22.9 Å². The van der Waals surface area contributed by atoms with Gasteiger partial charge in [-0.2, -0.15) is 0 Å². The van der Waals surface area contributed by atoms with Crippen LogP contribution in [0.25, 0.3) is 0 Å². The molecule has 10 heteroatoms. The summed E-state index contributed by atoms with van der Waals surface area (Å²) in [5, 5.41) is 14.0. The Balaban J connectivity index is 2.02. The predicted octanol–water partition coefficient (Wildman–Crippen LogP) is 2.98. The summed E-state index contributed by atoms with van der Waals surface area (Å²) in [5.41, 5.74) is 0.524. The van der Waals surface area contributed by atoms with Crippen LogP contribution in [-0.2, 0) is 25.8 Å². The Labute approximate surface area is 182 Å². The molecule has 1 fully saturated rings. The Hall–Kier alpha value is -2.07. The molecule has 1 aromatic carbocycles. The molecule has 0 unspecified atom stereocenters. The van der Waals surface area contributed by atoms with Gasteiger partial charge in [0, 0.05) is 36.0 Å². The lowest BCUT2D eigenvalue weighted by Gasteiger charge is -2.43. The SMILES string of the molecule is COC(=O)[C@H](Cc1ccc([N+](=O)[O-])cc1)NC(=S)C1(CCCCS(C)(=O)=O)CCC1. The highest BCUT2D eigenvalue weighted by Gasteiger charge is 2.41. The second kappa shape index (κ2) is 10.3. The third-order valence-electron chi connectivity index (χ3n) is 5.59. The van der Waals surface area contributed by atoms with Crippen LogP contribution in [0.4, 0.5) is 5.69 Å². The van der Waals surface area contributed by atoms with E-state index in [2.05, 4.69) is 5.32 Å². The summed E-state index contributed by atoms with van der Waals surface area (Å²) in [5.74, 6) is -0.295. The number of esters is 1. The second-order valence-corrected chi connectivity index (χ2v) is 10.6. The number of sulfone groups is 1. The van der Waals surface area contributed by atoms with Crippen molar-refractivity contribution in [2.75, 3.05) is 19.1 Å². The standard InChI is InChI=1S/C20H28N2O6S2/c1-28-18(23)17(14-15-6-8-16(9-7-15)22(24)25)21-19(29)20(11-5-12-20)10-3-4-13-30(2,26)27/h6-9,17H,3-5,10-14H2,1-2H3,(H,21,29)/t17-/m0/s1. The number of carbonyl (C=O) groups excluding carboxylic acids is 1. The van der Waals surface area contributed by atoms with Gasteiger partial charge in [-0.25, -0.2) is 13.2 Å². The van der Waals surface area contributed by atoms with Crippen LogP contribution >= 0.6 is 12.2 Å². The molecule has 166 valence electrons. The summed E-state index contributed by atoms with van der Waals surface area (Å²) < 4.78 is 27.6. The van der Waals surface area contributed by atoms with Gasteiger partial charge in [-0.3, -0.25) is 10.1 Å². The molecule has 0 saturated heterocycles. The number of unbranched alkanes of at least 4 members (excludes halogenated alkanes) is 1. The molecule has 0 amide bonds. The Bertz CT molecular complexity index is 879. The van der Waals surface area contributed by atoms with Crippen LogP contribution in [0.3, 0.4) is 0 Å². The lowest BCUT2D eigenvalue weighted by Crippen LogP contribution is -2.51. The number of hydrogen-bond acceptors (Lipinski definition) is 7. The maximum Gasteiger partial charge on any atom is 0.328 e. The van der Waals surface area contributed by atoms with Crippen molar-refractivity contribution in [3.8, 4) is 0 Å². The van der Waals surface area contributed by atoms with E-state index in [-0.39, 0.29) is 23.3 Å². The highest BCUT2D eigenvalue weighted by Crippen LogP contribution is 2.46. The Kier molecular flexibility index (Phi) is 8.31. The second-order valence-electron chi connectivity index (χ2n) is 7.90. The van der Waals surface area contributed by atoms with Crippen LogP contribution in [0.1, 0.15) is 44.1 Å². The van der Waals surface area contributed by atoms with Gasteiger partial charge in [0.1, 0.15) is 15.9 Å². The van der Waals surface area contributed by atoms with Gasteiger partial charge < -0.3 is 10.1 Å². The highest BCUT2D eigenvalue weighted by molar-refractivity contribution is 7.90. The van der Waals surface area contributed by atoms with E-state index in [1.54, 1.807) is 12.1 Å². The van der Waals surface area contributed by atoms with Gasteiger partial charge in [-0.05, 0) is 31.2 Å². The Morgan fingerprint density at radius 3 is 2.40 bits per heavy atom. The van der Waals surface area contributed by atoms with Crippen molar-refractivity contribution in [3.05, 3.63) is 39.9 Å². The molecular weight excluding hydrogens is 428 g/mol. The number of nitro benzene ring substituents is 1. The number of nitro groups is 1. The number of methoxy groups -OCH3 is 1. The average molecular weight is 457 g/mol. The molecule has 0 radical (unpaired) electrons. The molecule has 0 heterocycles. The lowest BCUT2D eigenvalue weighted by atomic mass is 9.65. The first-order valence-electron chi connectivity index (χ1n) is 9.86. The van der Waals surface area contributed by atoms with Crippen LogP contribution in [0.5, 0.6) is 0 Å². The third-order valence-corrected chi connectivity index (χ3v) is 7.17. The van der Waals surface area contributed by atoms with Gasteiger partial charge in [0.25, 0.3) is 5.69 Å². The van der Waals surface area contributed by atoms with E-state index < -0.39 is 26.8 Å². The molecule has 0 spiro atoms. The van der Waals surface area contributed by atoms with E-state index >= 15 is 0 Å². The summed E-state index contributed by atoms with van der Waals surface area (Å²) >= 11 is 5.65. The fourth-order valence-electron chi connectivity index (χ4n) is 3.66. The Morgan fingerprint density at radius 1 is 1.30 bits per heavy atom. The smallest absolute Gasteiger partial charge is 0.328 e. The highest BCUT2D eigenvalue weighted by atomic mass is 32.2. The van der Waals surface area contributed by atoms with Gasteiger partial charge in [0.15, 0.2) is 0 Å².